The van der Waals surface area contributed by atoms with Crippen molar-refractivity contribution in [3.8, 4) is 0 Å². The van der Waals surface area contributed by atoms with Crippen molar-refractivity contribution < 1.29 is 34.2 Å². The van der Waals surface area contributed by atoms with E-state index >= 15 is 0 Å². The molecule has 0 rings (SSSR count). The van der Waals surface area contributed by atoms with Gasteiger partial charge in [0.25, 0.3) is 0 Å². The third-order valence-corrected chi connectivity index (χ3v) is 4.56. The van der Waals surface area contributed by atoms with Crippen LogP contribution in [0.5, 0.6) is 0 Å². The summed E-state index contributed by atoms with van der Waals surface area (Å²) in [6.07, 6.45) is 15.0. The fourth-order valence-electron chi connectivity index (χ4n) is 3.24. The molecule has 0 aliphatic heterocycles. The first kappa shape index (κ1) is 25.1. The van der Waals surface area contributed by atoms with E-state index in [2.05, 4.69) is 19.1 Å². The van der Waals surface area contributed by atoms with Gasteiger partial charge in [0.05, 0.1) is 6.54 Å². The normalized spacial score (nSPS) is 11.7. The summed E-state index contributed by atoms with van der Waals surface area (Å²) in [5.74, 6) is -3.53. The van der Waals surface area contributed by atoms with Gasteiger partial charge in [-0.25, -0.2) is 14.4 Å². The molecule has 0 aromatic heterocycles. The van der Waals surface area contributed by atoms with Crippen molar-refractivity contribution in [2.75, 3.05) is 26.2 Å². The molecule has 0 aliphatic rings. The standard InChI is InChI=1S/C20H35NO6/c1-2-3-4-5-6-7-8-9-10-11-12-13-14-21(15-18(22)23,16-19(24)25)17-20(26)27/h5-6H,2-4,7-17H2,1H3,(H2-,22,23,24,25,26,27)/p+1/b6-5+. The van der Waals surface area contributed by atoms with Gasteiger partial charge in [0, 0.05) is 0 Å². The molecule has 0 saturated carbocycles. The molecule has 0 heterocycles. The summed E-state index contributed by atoms with van der Waals surface area (Å²) in [6.45, 7) is 0.988. The number of rotatable bonds is 18. The summed E-state index contributed by atoms with van der Waals surface area (Å²) in [5.41, 5.74) is 0. The molecule has 7 heteroatoms. The van der Waals surface area contributed by atoms with Gasteiger partial charge >= 0.3 is 17.9 Å². The molecule has 0 aromatic carbocycles. The Morgan fingerprint density at radius 3 is 1.52 bits per heavy atom. The zero-order chi connectivity index (χ0) is 20.5. The van der Waals surface area contributed by atoms with Crippen LogP contribution in [0.1, 0.15) is 71.1 Å². The van der Waals surface area contributed by atoms with E-state index in [0.717, 1.165) is 44.9 Å². The Labute approximate surface area is 162 Å². The topological polar surface area (TPSA) is 112 Å². The second kappa shape index (κ2) is 15.2. The minimum absolute atomic E-state index is 0.255. The minimum atomic E-state index is -1.18. The SMILES string of the molecule is CCCC/C=C/CCCCCCCC[N+](CC(=O)O)(CC(=O)O)CC(=O)O. The first-order chi connectivity index (χ1) is 12.8. The van der Waals surface area contributed by atoms with Crippen molar-refractivity contribution in [2.24, 2.45) is 0 Å². The quantitative estimate of drug-likeness (QED) is 0.189. The lowest BCUT2D eigenvalue weighted by Gasteiger charge is -2.34. The summed E-state index contributed by atoms with van der Waals surface area (Å²) in [7, 11) is 0. The molecule has 0 bridgehead atoms. The van der Waals surface area contributed by atoms with E-state index in [9.17, 15) is 14.4 Å². The van der Waals surface area contributed by atoms with Crippen molar-refractivity contribution in [3.63, 3.8) is 0 Å². The van der Waals surface area contributed by atoms with Gasteiger partial charge in [0.15, 0.2) is 19.6 Å². The number of carboxylic acids is 3. The lowest BCUT2D eigenvalue weighted by atomic mass is 10.1. The maximum absolute atomic E-state index is 11.1. The van der Waals surface area contributed by atoms with Gasteiger partial charge in [-0.2, -0.15) is 0 Å². The average Bonchev–Trinajstić information content (AvgIpc) is 2.53. The van der Waals surface area contributed by atoms with Crippen molar-refractivity contribution >= 4 is 17.9 Å². The van der Waals surface area contributed by atoms with Crippen LogP contribution in [-0.4, -0.2) is 63.9 Å². The molecule has 156 valence electrons. The maximum Gasteiger partial charge on any atom is 0.359 e. The number of unbranched alkanes of at least 4 members (excludes halogenated alkanes) is 8. The Kier molecular flexibility index (Phi) is 14.1. The number of carbonyl (C=O) groups is 3. The summed E-state index contributed by atoms with van der Waals surface area (Å²) < 4.78 is -0.442. The molecule has 0 radical (unpaired) electrons. The van der Waals surface area contributed by atoms with Crippen LogP contribution in [0.4, 0.5) is 0 Å². The molecule has 3 N–H and O–H groups in total. The molecule has 0 unspecified atom stereocenters. The fourth-order valence-corrected chi connectivity index (χ4v) is 3.24. The summed E-state index contributed by atoms with van der Waals surface area (Å²) in [5, 5.41) is 27.2. The summed E-state index contributed by atoms with van der Waals surface area (Å²) >= 11 is 0. The number of allylic oxidation sites excluding steroid dienone is 2. The summed E-state index contributed by atoms with van der Waals surface area (Å²) in [4.78, 5) is 33.3. The molecule has 7 nitrogen and oxygen atoms in total. The van der Waals surface area contributed by atoms with Crippen molar-refractivity contribution in [1.29, 1.82) is 0 Å². The Morgan fingerprint density at radius 1 is 0.667 bits per heavy atom. The van der Waals surface area contributed by atoms with Gasteiger partial charge in [-0.05, 0) is 32.1 Å². The third-order valence-electron chi connectivity index (χ3n) is 4.56. The van der Waals surface area contributed by atoms with Gasteiger partial charge in [-0.3, -0.25) is 4.48 Å². The van der Waals surface area contributed by atoms with Crippen molar-refractivity contribution in [1.82, 2.24) is 0 Å². The van der Waals surface area contributed by atoms with Gasteiger partial charge in [0.1, 0.15) is 0 Å². The molecule has 0 amide bonds. The Hall–Kier alpha value is -1.89. The first-order valence-electron chi connectivity index (χ1n) is 9.97. The minimum Gasteiger partial charge on any atom is -0.477 e. The van der Waals surface area contributed by atoms with Crippen LogP contribution in [0.3, 0.4) is 0 Å². The fraction of sp³-hybridized carbons (Fsp3) is 0.750. The molecule has 0 aromatic rings. The molecule has 27 heavy (non-hydrogen) atoms. The molecule has 0 saturated heterocycles. The van der Waals surface area contributed by atoms with E-state index in [1.165, 1.54) is 12.8 Å². The number of aliphatic carboxylic acids is 3. The van der Waals surface area contributed by atoms with Gasteiger partial charge < -0.3 is 15.3 Å². The molecular weight excluding hydrogens is 350 g/mol. The largest absolute Gasteiger partial charge is 0.477 e. The highest BCUT2D eigenvalue weighted by Gasteiger charge is 2.35. The van der Waals surface area contributed by atoms with Crippen LogP contribution in [0.25, 0.3) is 0 Å². The number of quaternary nitrogens is 1. The van der Waals surface area contributed by atoms with Crippen molar-refractivity contribution in [3.05, 3.63) is 12.2 Å². The lowest BCUT2D eigenvalue weighted by molar-refractivity contribution is -0.907. The molecule has 0 spiro atoms. The highest BCUT2D eigenvalue weighted by molar-refractivity contribution is 5.73. The van der Waals surface area contributed by atoms with Crippen LogP contribution in [0, 0.1) is 0 Å². The van der Waals surface area contributed by atoms with E-state index in [1.807, 2.05) is 0 Å². The highest BCUT2D eigenvalue weighted by atomic mass is 16.4. The van der Waals surface area contributed by atoms with E-state index in [1.54, 1.807) is 0 Å². The third kappa shape index (κ3) is 14.9. The van der Waals surface area contributed by atoms with E-state index < -0.39 is 42.0 Å². The van der Waals surface area contributed by atoms with E-state index in [-0.39, 0.29) is 6.54 Å². The monoisotopic (exact) mass is 386 g/mol. The highest BCUT2D eigenvalue weighted by Crippen LogP contribution is 2.13. The van der Waals surface area contributed by atoms with Crippen LogP contribution >= 0.6 is 0 Å². The first-order valence-corrected chi connectivity index (χ1v) is 9.97. The predicted molar refractivity (Wildman–Crippen MR) is 104 cm³/mol. The summed E-state index contributed by atoms with van der Waals surface area (Å²) in [6, 6.07) is 0. The van der Waals surface area contributed by atoms with Crippen molar-refractivity contribution in [2.45, 2.75) is 71.1 Å². The zero-order valence-electron chi connectivity index (χ0n) is 16.6. The second-order valence-corrected chi connectivity index (χ2v) is 7.24. The zero-order valence-corrected chi connectivity index (χ0v) is 16.6. The number of nitrogens with zero attached hydrogens (tertiary/aromatic N) is 1. The maximum atomic E-state index is 11.1. The Bertz CT molecular complexity index is 434. The lowest BCUT2D eigenvalue weighted by Crippen LogP contribution is -2.57. The number of hydrogen-bond acceptors (Lipinski definition) is 3. The van der Waals surface area contributed by atoms with Gasteiger partial charge in [0.2, 0.25) is 0 Å². The van der Waals surface area contributed by atoms with Gasteiger partial charge in [-0.1, -0.05) is 51.2 Å². The average molecular weight is 387 g/mol. The number of hydrogen-bond donors (Lipinski definition) is 3. The smallest absolute Gasteiger partial charge is 0.359 e. The van der Waals surface area contributed by atoms with E-state index in [0.29, 0.717) is 6.42 Å². The van der Waals surface area contributed by atoms with Crippen LogP contribution in [-0.2, 0) is 14.4 Å². The van der Waals surface area contributed by atoms with Crippen LogP contribution in [0.15, 0.2) is 12.2 Å². The Morgan fingerprint density at radius 2 is 1.07 bits per heavy atom. The van der Waals surface area contributed by atoms with Gasteiger partial charge in [-0.15, -0.1) is 0 Å². The second-order valence-electron chi connectivity index (χ2n) is 7.24. The molecule has 0 aliphatic carbocycles. The number of carboxylic acid groups (broad SMARTS) is 3. The van der Waals surface area contributed by atoms with Crippen LogP contribution in [0.2, 0.25) is 0 Å². The molecule has 0 fully saturated rings. The predicted octanol–water partition coefficient (Wildman–Crippen LogP) is 3.53. The Balaban J connectivity index is 4.14. The van der Waals surface area contributed by atoms with E-state index in [4.69, 9.17) is 15.3 Å². The molecular formula is C20H36NO6+. The van der Waals surface area contributed by atoms with Crippen LogP contribution < -0.4 is 0 Å². The molecule has 0 atom stereocenters.